The molecular formula is C27H38N4O2. The Morgan fingerprint density at radius 3 is 2.64 bits per heavy atom. The maximum atomic E-state index is 10.1. The average molecular weight is 451 g/mol. The van der Waals surface area contributed by atoms with Crippen LogP contribution in [0, 0.1) is 20.8 Å². The summed E-state index contributed by atoms with van der Waals surface area (Å²) in [6.07, 6.45) is 4.38. The number of unbranched alkanes of at least 4 members (excludes halogenated alkanes) is 2. The number of aryl methyl sites for hydroxylation is 2. The molecule has 4 rings (SSSR count). The standard InChI is InChI=1S/C27H38N4O2/c1-20-19-25(21(2)22(3)26(20)32)33-18-9-5-8-15-31-24-12-7-6-11-23(24)28-27(31)30-14-10-13-29(4)16-17-30/h6-7,11-12,19,32H,5,8-10,13-18H2,1-4H3. The van der Waals surface area contributed by atoms with E-state index in [-0.39, 0.29) is 0 Å². The van der Waals surface area contributed by atoms with Gasteiger partial charge in [-0.25, -0.2) is 4.98 Å². The highest BCUT2D eigenvalue weighted by atomic mass is 16.5. The first kappa shape index (κ1) is 23.4. The number of benzene rings is 2. The van der Waals surface area contributed by atoms with Crippen LogP contribution in [-0.4, -0.2) is 59.4 Å². The Balaban J connectivity index is 1.36. The number of nitrogens with zero attached hydrogens (tertiary/aromatic N) is 4. The number of para-hydroxylation sites is 2. The number of phenolic OH excluding ortho intramolecular Hbond substituents is 1. The van der Waals surface area contributed by atoms with Gasteiger partial charge in [-0.1, -0.05) is 12.1 Å². The number of likely N-dealkylation sites (N-methyl/N-ethyl adjacent to an activating group) is 1. The van der Waals surface area contributed by atoms with Crippen LogP contribution < -0.4 is 9.64 Å². The molecule has 6 nitrogen and oxygen atoms in total. The Bertz CT molecular complexity index is 1090. The highest BCUT2D eigenvalue weighted by Crippen LogP contribution is 2.32. The fourth-order valence-electron chi connectivity index (χ4n) is 4.68. The van der Waals surface area contributed by atoms with Crippen LogP contribution in [0.25, 0.3) is 11.0 Å². The van der Waals surface area contributed by atoms with Crippen molar-refractivity contribution in [3.05, 3.63) is 47.0 Å². The summed E-state index contributed by atoms with van der Waals surface area (Å²) in [6, 6.07) is 10.4. The van der Waals surface area contributed by atoms with Gasteiger partial charge in [-0.2, -0.15) is 0 Å². The summed E-state index contributed by atoms with van der Waals surface area (Å²) in [6.45, 7) is 11.9. The Labute approximate surface area is 197 Å². The van der Waals surface area contributed by atoms with Gasteiger partial charge in [0, 0.05) is 26.2 Å². The summed E-state index contributed by atoms with van der Waals surface area (Å²) in [5, 5.41) is 10.1. The van der Waals surface area contributed by atoms with Crippen molar-refractivity contribution in [1.82, 2.24) is 14.5 Å². The second kappa shape index (κ2) is 10.5. The zero-order valence-corrected chi connectivity index (χ0v) is 20.6. The quantitative estimate of drug-likeness (QED) is 0.486. The lowest BCUT2D eigenvalue weighted by atomic mass is 10.0. The number of phenols is 1. The summed E-state index contributed by atoms with van der Waals surface area (Å²) < 4.78 is 8.48. The fourth-order valence-corrected chi connectivity index (χ4v) is 4.68. The van der Waals surface area contributed by atoms with E-state index in [4.69, 9.17) is 9.72 Å². The van der Waals surface area contributed by atoms with Crippen molar-refractivity contribution in [2.75, 3.05) is 44.7 Å². The van der Waals surface area contributed by atoms with Crippen LogP contribution in [-0.2, 0) is 6.54 Å². The maximum Gasteiger partial charge on any atom is 0.206 e. The third-order valence-electron chi connectivity index (χ3n) is 6.93. The van der Waals surface area contributed by atoms with Crippen molar-refractivity contribution in [1.29, 1.82) is 0 Å². The highest BCUT2D eigenvalue weighted by Gasteiger charge is 2.19. The van der Waals surface area contributed by atoms with E-state index in [0.29, 0.717) is 12.4 Å². The van der Waals surface area contributed by atoms with Crippen LogP contribution in [0.5, 0.6) is 11.5 Å². The topological polar surface area (TPSA) is 53.8 Å². The first-order valence-electron chi connectivity index (χ1n) is 12.3. The van der Waals surface area contributed by atoms with Crippen molar-refractivity contribution in [2.24, 2.45) is 0 Å². The van der Waals surface area contributed by atoms with Crippen LogP contribution >= 0.6 is 0 Å². The molecule has 2 aromatic carbocycles. The lowest BCUT2D eigenvalue weighted by molar-refractivity contribution is 0.301. The van der Waals surface area contributed by atoms with Crippen molar-refractivity contribution < 1.29 is 9.84 Å². The largest absolute Gasteiger partial charge is 0.507 e. The van der Waals surface area contributed by atoms with Crippen LogP contribution in [0.15, 0.2) is 30.3 Å². The van der Waals surface area contributed by atoms with Crippen LogP contribution in [0.3, 0.4) is 0 Å². The molecule has 0 amide bonds. The lowest BCUT2D eigenvalue weighted by Crippen LogP contribution is -2.31. The number of ether oxygens (including phenoxy) is 1. The first-order valence-corrected chi connectivity index (χ1v) is 12.3. The molecule has 1 aliphatic rings. The Kier molecular flexibility index (Phi) is 7.43. The number of aromatic nitrogens is 2. The van der Waals surface area contributed by atoms with Crippen molar-refractivity contribution >= 4 is 17.0 Å². The minimum Gasteiger partial charge on any atom is -0.507 e. The highest BCUT2D eigenvalue weighted by molar-refractivity contribution is 5.78. The van der Waals surface area contributed by atoms with Gasteiger partial charge in [0.15, 0.2) is 0 Å². The van der Waals surface area contributed by atoms with E-state index in [1.54, 1.807) is 0 Å². The zero-order valence-electron chi connectivity index (χ0n) is 20.6. The predicted octanol–water partition coefficient (Wildman–Crippen LogP) is 5.06. The molecule has 0 spiro atoms. The molecule has 0 bridgehead atoms. The van der Waals surface area contributed by atoms with E-state index >= 15 is 0 Å². The third kappa shape index (κ3) is 5.27. The number of imidazole rings is 1. The Morgan fingerprint density at radius 2 is 1.79 bits per heavy atom. The fraction of sp³-hybridized carbons (Fsp3) is 0.519. The summed E-state index contributed by atoms with van der Waals surface area (Å²) in [5.74, 6) is 2.38. The molecule has 178 valence electrons. The molecule has 0 unspecified atom stereocenters. The predicted molar refractivity (Wildman–Crippen MR) is 136 cm³/mol. The van der Waals surface area contributed by atoms with Crippen LogP contribution in [0.2, 0.25) is 0 Å². The maximum absolute atomic E-state index is 10.1. The van der Waals surface area contributed by atoms with Crippen LogP contribution in [0.1, 0.15) is 42.4 Å². The molecule has 3 aromatic rings. The van der Waals surface area contributed by atoms with Gasteiger partial charge < -0.3 is 24.2 Å². The SMILES string of the molecule is Cc1cc(OCCCCCn2c(N3CCCN(C)CC3)nc3ccccc32)c(C)c(C)c1O. The second-order valence-corrected chi connectivity index (χ2v) is 9.40. The molecule has 1 aliphatic heterocycles. The third-order valence-corrected chi connectivity index (χ3v) is 6.93. The van der Waals surface area contributed by atoms with Gasteiger partial charge in [0.1, 0.15) is 11.5 Å². The zero-order chi connectivity index (χ0) is 23.4. The molecule has 0 saturated carbocycles. The minimum atomic E-state index is 0.374. The molecule has 2 heterocycles. The number of fused-ring (bicyclic) bond motifs is 1. The number of rotatable bonds is 8. The minimum absolute atomic E-state index is 0.374. The molecule has 0 atom stereocenters. The van der Waals surface area contributed by atoms with Gasteiger partial charge in [-0.3, -0.25) is 0 Å². The summed E-state index contributed by atoms with van der Waals surface area (Å²) in [5.41, 5.74) is 5.11. The van der Waals surface area contributed by atoms with Gasteiger partial charge >= 0.3 is 0 Å². The summed E-state index contributed by atoms with van der Waals surface area (Å²) >= 11 is 0. The number of hydrogen-bond donors (Lipinski definition) is 1. The Morgan fingerprint density at radius 1 is 0.970 bits per heavy atom. The van der Waals surface area contributed by atoms with E-state index in [1.807, 2.05) is 26.8 Å². The van der Waals surface area contributed by atoms with Crippen molar-refractivity contribution in [3.63, 3.8) is 0 Å². The van der Waals surface area contributed by atoms with Gasteiger partial charge in [0.2, 0.25) is 5.95 Å². The Hall–Kier alpha value is -2.73. The molecule has 0 aliphatic carbocycles. The first-order chi connectivity index (χ1) is 16.0. The lowest BCUT2D eigenvalue weighted by Gasteiger charge is -2.23. The average Bonchev–Trinajstić information content (AvgIpc) is 3.04. The van der Waals surface area contributed by atoms with Gasteiger partial charge in [0.05, 0.1) is 17.6 Å². The molecule has 6 heteroatoms. The smallest absolute Gasteiger partial charge is 0.206 e. The molecular weight excluding hydrogens is 412 g/mol. The van der Waals surface area contributed by atoms with Gasteiger partial charge in [-0.05, 0) is 94.9 Å². The molecule has 1 N–H and O–H groups in total. The van der Waals surface area contributed by atoms with Crippen molar-refractivity contribution in [3.8, 4) is 11.5 Å². The normalized spacial score (nSPS) is 15.2. The van der Waals surface area contributed by atoms with E-state index in [0.717, 1.165) is 85.9 Å². The number of aromatic hydroxyl groups is 1. The number of hydrogen-bond acceptors (Lipinski definition) is 5. The van der Waals surface area contributed by atoms with E-state index < -0.39 is 0 Å². The van der Waals surface area contributed by atoms with E-state index in [1.165, 1.54) is 11.9 Å². The van der Waals surface area contributed by atoms with Gasteiger partial charge in [-0.15, -0.1) is 0 Å². The second-order valence-electron chi connectivity index (χ2n) is 9.40. The number of anilines is 1. The summed E-state index contributed by atoms with van der Waals surface area (Å²) in [7, 11) is 2.21. The molecule has 1 aromatic heterocycles. The summed E-state index contributed by atoms with van der Waals surface area (Å²) in [4.78, 5) is 9.89. The van der Waals surface area contributed by atoms with E-state index in [9.17, 15) is 5.11 Å². The monoisotopic (exact) mass is 450 g/mol. The van der Waals surface area contributed by atoms with Gasteiger partial charge in [0.25, 0.3) is 0 Å². The van der Waals surface area contributed by atoms with E-state index in [2.05, 4.69) is 45.7 Å². The van der Waals surface area contributed by atoms with Crippen molar-refractivity contribution in [2.45, 2.75) is 53.0 Å². The van der Waals surface area contributed by atoms with Crippen LogP contribution in [0.4, 0.5) is 5.95 Å². The molecule has 0 radical (unpaired) electrons. The molecule has 33 heavy (non-hydrogen) atoms. The molecule has 1 fully saturated rings. The molecule has 1 saturated heterocycles.